The molecule has 2 aliphatic carbocycles. The van der Waals surface area contributed by atoms with Crippen molar-refractivity contribution < 1.29 is 13.6 Å². The second kappa shape index (κ2) is 6.80. The molecule has 2 aromatic heterocycles. The lowest BCUT2D eigenvalue weighted by Crippen LogP contribution is -2.09. The molecule has 0 fully saturated rings. The van der Waals surface area contributed by atoms with E-state index >= 15 is 0 Å². The summed E-state index contributed by atoms with van der Waals surface area (Å²) in [5, 5.41) is 0. The number of hydrogen-bond donors (Lipinski definition) is 0. The fourth-order valence-corrected chi connectivity index (χ4v) is 5.03. The Balaban J connectivity index is 1.72. The smallest absolute Gasteiger partial charge is 0.166 e. The van der Waals surface area contributed by atoms with E-state index in [0.717, 1.165) is 65.4 Å². The number of Topliss-reactive ketones (excluding diaryl/α,β-unsaturated/α-hetero) is 1. The number of rotatable bonds is 3. The second-order valence-corrected chi connectivity index (χ2v) is 8.21. The lowest BCUT2D eigenvalue weighted by atomic mass is 9.86. The first-order valence-electron chi connectivity index (χ1n) is 10.5. The van der Waals surface area contributed by atoms with Crippen LogP contribution in [0.5, 0.6) is 0 Å². The van der Waals surface area contributed by atoms with Crippen molar-refractivity contribution in [3.8, 4) is 0 Å². The zero-order valence-electron chi connectivity index (χ0n) is 16.6. The average Bonchev–Trinajstić information content (AvgIpc) is 3.22. The highest BCUT2D eigenvalue weighted by Crippen LogP contribution is 2.43. The first-order valence-corrected chi connectivity index (χ1v) is 10.5. The van der Waals surface area contributed by atoms with Gasteiger partial charge in [-0.2, -0.15) is 0 Å². The molecule has 5 rings (SSSR count). The molecule has 0 N–H and O–H groups in total. The van der Waals surface area contributed by atoms with E-state index < -0.39 is 0 Å². The molecule has 0 aliphatic heterocycles. The normalized spacial score (nSPS) is 17.3. The van der Waals surface area contributed by atoms with E-state index in [1.165, 1.54) is 24.0 Å². The number of aryl methyl sites for hydroxylation is 2. The molecule has 0 bridgehead atoms. The summed E-state index contributed by atoms with van der Waals surface area (Å²) in [7, 11) is 0. The third-order valence-corrected chi connectivity index (χ3v) is 6.47. The Hall–Kier alpha value is -2.55. The van der Waals surface area contributed by atoms with Crippen molar-refractivity contribution in [2.45, 2.75) is 64.7 Å². The summed E-state index contributed by atoms with van der Waals surface area (Å²) >= 11 is 0. The van der Waals surface area contributed by atoms with Gasteiger partial charge in [-0.05, 0) is 56.2 Å². The number of hydrogen-bond acceptors (Lipinski definition) is 3. The summed E-state index contributed by atoms with van der Waals surface area (Å²) in [6, 6.07) is 10.4. The third kappa shape index (κ3) is 2.68. The Morgan fingerprint density at radius 3 is 2.21 bits per heavy atom. The maximum atomic E-state index is 12.6. The molecule has 3 heteroatoms. The summed E-state index contributed by atoms with van der Waals surface area (Å²) in [6.07, 6.45) is 6.88. The number of ketones is 1. The fourth-order valence-electron chi connectivity index (χ4n) is 5.03. The fraction of sp³-hybridized carbons (Fsp3) is 0.400. The first kappa shape index (κ1) is 17.5. The quantitative estimate of drug-likeness (QED) is 0.559. The van der Waals surface area contributed by atoms with Gasteiger partial charge >= 0.3 is 0 Å². The number of benzene rings is 1. The van der Waals surface area contributed by atoms with Crippen LogP contribution in [0.25, 0.3) is 0 Å². The van der Waals surface area contributed by atoms with Crippen molar-refractivity contribution in [2.75, 3.05) is 0 Å². The van der Waals surface area contributed by atoms with Gasteiger partial charge in [0.25, 0.3) is 0 Å². The first-order chi connectivity index (χ1) is 13.6. The van der Waals surface area contributed by atoms with Crippen LogP contribution in [0.4, 0.5) is 0 Å². The van der Waals surface area contributed by atoms with Gasteiger partial charge in [-0.3, -0.25) is 4.79 Å². The number of furan rings is 2. The largest absolute Gasteiger partial charge is 0.464 e. The summed E-state index contributed by atoms with van der Waals surface area (Å²) < 4.78 is 12.9. The van der Waals surface area contributed by atoms with Crippen LogP contribution in [-0.4, -0.2) is 5.78 Å². The van der Waals surface area contributed by atoms with Crippen LogP contribution in [-0.2, 0) is 19.3 Å². The van der Waals surface area contributed by atoms with Crippen molar-refractivity contribution in [1.82, 2.24) is 0 Å². The molecule has 0 radical (unpaired) electrons. The van der Waals surface area contributed by atoms with Gasteiger partial charge in [0.05, 0.1) is 5.56 Å². The molecule has 3 nitrogen and oxygen atoms in total. The minimum absolute atomic E-state index is 0.106. The molecule has 1 atom stereocenters. The molecule has 1 unspecified atom stereocenters. The van der Waals surface area contributed by atoms with E-state index in [1.54, 1.807) is 0 Å². The van der Waals surface area contributed by atoms with Crippen LogP contribution in [0.15, 0.2) is 39.2 Å². The topological polar surface area (TPSA) is 43.4 Å². The highest BCUT2D eigenvalue weighted by Gasteiger charge is 2.34. The van der Waals surface area contributed by atoms with Crippen molar-refractivity contribution in [3.05, 3.63) is 81.2 Å². The van der Waals surface area contributed by atoms with Gasteiger partial charge in [0, 0.05) is 24.8 Å². The van der Waals surface area contributed by atoms with Gasteiger partial charge in [0.15, 0.2) is 5.78 Å². The number of carbonyl (C=O) groups excluding carboxylic acids is 1. The van der Waals surface area contributed by atoms with Gasteiger partial charge < -0.3 is 8.83 Å². The molecule has 1 aromatic carbocycles. The molecule has 144 valence electrons. The maximum Gasteiger partial charge on any atom is 0.166 e. The van der Waals surface area contributed by atoms with Crippen LogP contribution in [0.1, 0.15) is 87.3 Å². The summed E-state index contributed by atoms with van der Waals surface area (Å²) in [6.45, 7) is 4.22. The average molecular weight is 374 g/mol. The van der Waals surface area contributed by atoms with Gasteiger partial charge in [-0.25, -0.2) is 0 Å². The van der Waals surface area contributed by atoms with E-state index in [4.69, 9.17) is 8.83 Å². The zero-order chi connectivity index (χ0) is 19.3. The molecular weight excluding hydrogens is 348 g/mol. The predicted molar refractivity (Wildman–Crippen MR) is 108 cm³/mol. The molecular formula is C25H26O3. The molecule has 0 saturated heterocycles. The van der Waals surface area contributed by atoms with Crippen molar-refractivity contribution in [1.29, 1.82) is 0 Å². The molecule has 0 amide bonds. The van der Waals surface area contributed by atoms with E-state index in [-0.39, 0.29) is 11.7 Å². The second-order valence-electron chi connectivity index (χ2n) is 8.21. The van der Waals surface area contributed by atoms with Crippen LogP contribution >= 0.6 is 0 Å². The van der Waals surface area contributed by atoms with Crippen LogP contribution in [0.2, 0.25) is 0 Å². The van der Waals surface area contributed by atoms with Crippen LogP contribution < -0.4 is 0 Å². The van der Waals surface area contributed by atoms with Crippen LogP contribution in [0, 0.1) is 13.8 Å². The van der Waals surface area contributed by atoms with Crippen molar-refractivity contribution >= 4 is 5.78 Å². The van der Waals surface area contributed by atoms with Gasteiger partial charge in [0.1, 0.15) is 29.0 Å². The Morgan fingerprint density at radius 2 is 1.46 bits per heavy atom. The van der Waals surface area contributed by atoms with Gasteiger partial charge in [0.2, 0.25) is 0 Å². The maximum absolute atomic E-state index is 12.6. The molecule has 0 spiro atoms. The third-order valence-electron chi connectivity index (χ3n) is 6.47. The Kier molecular flexibility index (Phi) is 4.26. The van der Waals surface area contributed by atoms with E-state index in [0.29, 0.717) is 6.42 Å². The highest BCUT2D eigenvalue weighted by atomic mass is 16.4. The van der Waals surface area contributed by atoms with E-state index in [1.807, 2.05) is 13.0 Å². The molecule has 0 saturated carbocycles. The summed E-state index contributed by atoms with van der Waals surface area (Å²) in [5.74, 6) is 3.98. The lowest BCUT2D eigenvalue weighted by Gasteiger charge is -2.15. The molecule has 3 aromatic rings. The zero-order valence-corrected chi connectivity index (χ0v) is 16.6. The Bertz CT molecular complexity index is 1040. The Morgan fingerprint density at radius 1 is 0.786 bits per heavy atom. The minimum atomic E-state index is -0.106. The Labute approximate surface area is 165 Å². The predicted octanol–water partition coefficient (Wildman–Crippen LogP) is 6.07. The standard InChI is InChI=1S/C25H26O3/c1-15-18-11-6-7-13-20(18)27-24(15)23(17-9-4-3-5-10-17)25-16(2)22-19(26)12-8-14-21(22)28-25/h3-5,9-10,23H,6-8,11-14H2,1-2H3. The van der Waals surface area contributed by atoms with Crippen molar-refractivity contribution in [2.24, 2.45) is 0 Å². The number of carbonyl (C=O) groups is 1. The number of fused-ring (bicyclic) bond motifs is 2. The highest BCUT2D eigenvalue weighted by molar-refractivity contribution is 5.99. The van der Waals surface area contributed by atoms with Crippen LogP contribution in [0.3, 0.4) is 0 Å². The summed E-state index contributed by atoms with van der Waals surface area (Å²) in [5.41, 5.74) is 5.59. The molecule has 2 aliphatic rings. The van der Waals surface area contributed by atoms with Crippen molar-refractivity contribution in [3.63, 3.8) is 0 Å². The SMILES string of the molecule is Cc1c(C(c2ccccc2)c2oc3c(c2C)C(=O)CCC3)oc2c1CCCC2. The van der Waals surface area contributed by atoms with E-state index in [2.05, 4.69) is 31.2 Å². The van der Waals surface area contributed by atoms with E-state index in [9.17, 15) is 4.79 Å². The minimum Gasteiger partial charge on any atom is -0.464 e. The monoisotopic (exact) mass is 374 g/mol. The van der Waals surface area contributed by atoms with Gasteiger partial charge in [-0.1, -0.05) is 30.3 Å². The van der Waals surface area contributed by atoms with Gasteiger partial charge in [-0.15, -0.1) is 0 Å². The summed E-state index contributed by atoms with van der Waals surface area (Å²) in [4.78, 5) is 12.6. The molecule has 2 heterocycles. The molecule has 28 heavy (non-hydrogen) atoms. The lowest BCUT2D eigenvalue weighted by molar-refractivity contribution is 0.0969.